The molecule has 1 saturated carbocycles. The van der Waals surface area contributed by atoms with Crippen molar-refractivity contribution < 1.29 is 14.3 Å². The predicted molar refractivity (Wildman–Crippen MR) is 47.5 cm³/mol. The van der Waals surface area contributed by atoms with Crippen LogP contribution in [0.25, 0.3) is 0 Å². The van der Waals surface area contributed by atoms with Gasteiger partial charge in [-0.05, 0) is 35.6 Å². The van der Waals surface area contributed by atoms with Gasteiger partial charge in [-0.2, -0.15) is 0 Å². The predicted octanol–water partition coefficient (Wildman–Crippen LogP) is 1.80. The summed E-state index contributed by atoms with van der Waals surface area (Å²) in [5.41, 5.74) is 2.04. The highest BCUT2D eigenvalue weighted by Gasteiger charge is 2.59. The first kappa shape index (κ1) is 7.97. The van der Waals surface area contributed by atoms with E-state index >= 15 is 0 Å². The number of rotatable bonds is 1. The maximum atomic E-state index is 12.9. The van der Waals surface area contributed by atoms with Gasteiger partial charge in [-0.3, -0.25) is 4.79 Å². The Labute approximate surface area is 80.4 Å². The fourth-order valence-electron chi connectivity index (χ4n) is 2.70. The van der Waals surface area contributed by atoms with Crippen LogP contribution in [0, 0.1) is 17.7 Å². The maximum Gasteiger partial charge on any atom is 0.307 e. The van der Waals surface area contributed by atoms with Crippen LogP contribution >= 0.6 is 0 Å². The molecule has 1 aromatic carbocycles. The molecular formula is C11H9FO2. The summed E-state index contributed by atoms with van der Waals surface area (Å²) >= 11 is 0. The zero-order valence-corrected chi connectivity index (χ0v) is 7.40. The number of halogens is 1. The van der Waals surface area contributed by atoms with Crippen molar-refractivity contribution in [2.75, 3.05) is 0 Å². The molecule has 3 heteroatoms. The second-order valence-electron chi connectivity index (χ2n) is 4.10. The van der Waals surface area contributed by atoms with Gasteiger partial charge < -0.3 is 5.11 Å². The lowest BCUT2D eigenvalue weighted by atomic mass is 10.0. The van der Waals surface area contributed by atoms with Crippen LogP contribution in [-0.4, -0.2) is 11.1 Å². The minimum atomic E-state index is -0.741. The third-order valence-corrected chi connectivity index (χ3v) is 3.38. The molecule has 1 N–H and O–H groups in total. The number of fused-ring (bicyclic) bond motifs is 3. The first-order valence-corrected chi connectivity index (χ1v) is 4.69. The monoisotopic (exact) mass is 192 g/mol. The van der Waals surface area contributed by atoms with Crippen LogP contribution in [0.5, 0.6) is 0 Å². The summed E-state index contributed by atoms with van der Waals surface area (Å²) in [7, 11) is 0. The summed E-state index contributed by atoms with van der Waals surface area (Å²) in [4.78, 5) is 10.8. The largest absolute Gasteiger partial charge is 0.481 e. The quantitative estimate of drug-likeness (QED) is 0.736. The molecule has 1 fully saturated rings. The molecule has 0 aromatic heterocycles. The third kappa shape index (κ3) is 0.870. The lowest BCUT2D eigenvalue weighted by Gasteiger charge is -2.04. The Morgan fingerprint density at radius 3 is 3.00 bits per heavy atom. The van der Waals surface area contributed by atoms with Gasteiger partial charge in [0.1, 0.15) is 5.82 Å². The van der Waals surface area contributed by atoms with Gasteiger partial charge in [0.2, 0.25) is 0 Å². The van der Waals surface area contributed by atoms with E-state index in [-0.39, 0.29) is 23.6 Å². The van der Waals surface area contributed by atoms with Gasteiger partial charge in [0.25, 0.3) is 0 Å². The van der Waals surface area contributed by atoms with E-state index in [9.17, 15) is 9.18 Å². The van der Waals surface area contributed by atoms with E-state index < -0.39 is 5.97 Å². The number of hydrogen-bond acceptors (Lipinski definition) is 1. The van der Waals surface area contributed by atoms with Gasteiger partial charge in [-0.1, -0.05) is 6.07 Å². The zero-order chi connectivity index (χ0) is 9.87. The van der Waals surface area contributed by atoms with Gasteiger partial charge in [0, 0.05) is 5.92 Å². The van der Waals surface area contributed by atoms with Gasteiger partial charge >= 0.3 is 5.97 Å². The summed E-state index contributed by atoms with van der Waals surface area (Å²) in [5, 5.41) is 8.86. The van der Waals surface area contributed by atoms with Crippen molar-refractivity contribution in [3.05, 3.63) is 35.1 Å². The van der Waals surface area contributed by atoms with E-state index in [0.717, 1.165) is 17.5 Å². The van der Waals surface area contributed by atoms with Crippen LogP contribution in [0.2, 0.25) is 0 Å². The number of carbonyl (C=O) groups is 1. The molecule has 0 aliphatic heterocycles. The number of carboxylic acid groups (broad SMARTS) is 1. The molecule has 72 valence electrons. The fraction of sp³-hybridized carbons (Fsp3) is 0.364. The lowest BCUT2D eigenvalue weighted by molar-refractivity contribution is -0.139. The highest BCUT2D eigenvalue weighted by molar-refractivity contribution is 5.77. The van der Waals surface area contributed by atoms with Crippen LogP contribution in [0.1, 0.15) is 17.0 Å². The second-order valence-corrected chi connectivity index (χ2v) is 4.10. The van der Waals surface area contributed by atoms with Crippen LogP contribution in [0.3, 0.4) is 0 Å². The van der Waals surface area contributed by atoms with Gasteiger partial charge in [0.15, 0.2) is 0 Å². The molecule has 2 aliphatic rings. The van der Waals surface area contributed by atoms with E-state index in [2.05, 4.69) is 0 Å². The first-order chi connectivity index (χ1) is 6.68. The van der Waals surface area contributed by atoms with E-state index in [1.807, 2.05) is 0 Å². The van der Waals surface area contributed by atoms with Crippen LogP contribution in [-0.2, 0) is 11.2 Å². The van der Waals surface area contributed by atoms with Crippen molar-refractivity contribution in [1.82, 2.24) is 0 Å². The SMILES string of the molecule is O=C(O)[C@@H]1[C@@H]2Cc3ccc(F)cc3[C@@H]21. The molecule has 0 heterocycles. The molecular weight excluding hydrogens is 183 g/mol. The van der Waals surface area contributed by atoms with Crippen LogP contribution in [0.4, 0.5) is 4.39 Å². The molecule has 1 aromatic rings. The molecule has 0 spiro atoms. The van der Waals surface area contributed by atoms with Crippen molar-refractivity contribution in [2.45, 2.75) is 12.3 Å². The highest BCUT2D eigenvalue weighted by Crippen LogP contribution is 2.61. The molecule has 0 unspecified atom stereocenters. The maximum absolute atomic E-state index is 12.9. The van der Waals surface area contributed by atoms with Crippen molar-refractivity contribution in [1.29, 1.82) is 0 Å². The molecule has 14 heavy (non-hydrogen) atoms. The lowest BCUT2D eigenvalue weighted by Crippen LogP contribution is -2.05. The summed E-state index contributed by atoms with van der Waals surface area (Å²) in [5.74, 6) is -0.956. The Morgan fingerprint density at radius 1 is 1.50 bits per heavy atom. The molecule has 0 radical (unpaired) electrons. The molecule has 3 rings (SSSR count). The Bertz CT molecular complexity index is 427. The van der Waals surface area contributed by atoms with Crippen LogP contribution in [0.15, 0.2) is 18.2 Å². The van der Waals surface area contributed by atoms with Crippen molar-refractivity contribution in [2.24, 2.45) is 11.8 Å². The van der Waals surface area contributed by atoms with Crippen molar-refractivity contribution in [3.8, 4) is 0 Å². The molecule has 2 nitrogen and oxygen atoms in total. The zero-order valence-electron chi connectivity index (χ0n) is 7.40. The average Bonchev–Trinajstić information content (AvgIpc) is 2.73. The average molecular weight is 192 g/mol. The number of benzene rings is 1. The van der Waals surface area contributed by atoms with Gasteiger partial charge in [0.05, 0.1) is 5.92 Å². The van der Waals surface area contributed by atoms with Gasteiger partial charge in [-0.25, -0.2) is 4.39 Å². The minimum absolute atomic E-state index is 0.0817. The van der Waals surface area contributed by atoms with E-state index in [4.69, 9.17) is 5.11 Å². The molecule has 0 amide bonds. The fourth-order valence-corrected chi connectivity index (χ4v) is 2.70. The molecule has 0 bridgehead atoms. The van der Waals surface area contributed by atoms with Gasteiger partial charge in [-0.15, -0.1) is 0 Å². The smallest absolute Gasteiger partial charge is 0.307 e. The van der Waals surface area contributed by atoms with E-state index in [1.54, 1.807) is 6.07 Å². The summed E-state index contributed by atoms with van der Waals surface area (Å²) < 4.78 is 12.9. The summed E-state index contributed by atoms with van der Waals surface area (Å²) in [6, 6.07) is 4.71. The minimum Gasteiger partial charge on any atom is -0.481 e. The normalized spacial score (nSPS) is 32.2. The molecule has 3 atom stereocenters. The Morgan fingerprint density at radius 2 is 2.29 bits per heavy atom. The third-order valence-electron chi connectivity index (χ3n) is 3.38. The molecule has 2 aliphatic carbocycles. The highest BCUT2D eigenvalue weighted by atomic mass is 19.1. The van der Waals surface area contributed by atoms with E-state index in [1.165, 1.54) is 12.1 Å². The number of hydrogen-bond donors (Lipinski definition) is 1. The van der Waals surface area contributed by atoms with Crippen molar-refractivity contribution in [3.63, 3.8) is 0 Å². The Kier molecular flexibility index (Phi) is 1.34. The molecule has 0 saturated heterocycles. The second kappa shape index (κ2) is 2.35. The Hall–Kier alpha value is -1.38. The van der Waals surface area contributed by atoms with Crippen LogP contribution < -0.4 is 0 Å². The van der Waals surface area contributed by atoms with E-state index in [0.29, 0.717) is 0 Å². The standard InChI is InChI=1S/C11H9FO2/c12-6-2-1-5-3-8-9(7(5)4-6)10(8)11(13)14/h1-2,4,8-10H,3H2,(H,13,14)/t8-,9+,10-/m1/s1. The Balaban J connectivity index is 2.01. The summed E-state index contributed by atoms with van der Waals surface area (Å²) in [6.07, 6.45) is 0.803. The topological polar surface area (TPSA) is 37.3 Å². The first-order valence-electron chi connectivity index (χ1n) is 4.69. The summed E-state index contributed by atoms with van der Waals surface area (Å²) in [6.45, 7) is 0. The number of aliphatic carboxylic acids is 1. The number of carboxylic acids is 1. The van der Waals surface area contributed by atoms with Crippen molar-refractivity contribution >= 4 is 5.97 Å².